The van der Waals surface area contributed by atoms with Gasteiger partial charge in [-0.05, 0) is 61.3 Å². The first-order valence-electron chi connectivity index (χ1n) is 8.86. The van der Waals surface area contributed by atoms with Gasteiger partial charge in [0.2, 0.25) is 0 Å². The van der Waals surface area contributed by atoms with E-state index in [2.05, 4.69) is 50.9 Å². The molecule has 0 aliphatic carbocycles. The number of nitrogens with zero attached hydrogens (tertiary/aromatic N) is 3. The molecule has 136 valence electrons. The van der Waals surface area contributed by atoms with Crippen LogP contribution in [0.2, 0.25) is 0 Å². The maximum Gasteiger partial charge on any atom is 0.146 e. The van der Waals surface area contributed by atoms with E-state index in [1.165, 1.54) is 5.56 Å². The van der Waals surface area contributed by atoms with Crippen LogP contribution in [0, 0.1) is 19.3 Å². The Balaban J connectivity index is 2.57. The maximum absolute atomic E-state index is 10.6. The number of aromatic nitrogens is 3. The summed E-state index contributed by atoms with van der Waals surface area (Å²) in [6, 6.07) is 4.10. The molecule has 0 saturated carbocycles. The van der Waals surface area contributed by atoms with Crippen molar-refractivity contribution >= 4 is 6.08 Å². The molecular weight excluding hydrogens is 310 g/mol. The molecule has 2 rings (SSSR count). The third-order valence-corrected chi connectivity index (χ3v) is 4.39. The highest BCUT2D eigenvalue weighted by Gasteiger charge is 2.29. The highest BCUT2D eigenvalue weighted by molar-refractivity contribution is 5.54. The van der Waals surface area contributed by atoms with Gasteiger partial charge in [-0.15, -0.1) is 9.90 Å². The number of phenols is 1. The average molecular weight is 341 g/mol. The zero-order chi connectivity index (χ0) is 19.0. The molecule has 0 amide bonds. The normalized spacial score (nSPS) is 13.0. The van der Waals surface area contributed by atoms with Crippen molar-refractivity contribution in [1.82, 2.24) is 15.0 Å². The summed E-state index contributed by atoms with van der Waals surface area (Å²) in [6.45, 7) is 17.1. The number of aryl methyl sites for hydroxylation is 2. The molecule has 0 saturated heterocycles. The Morgan fingerprint density at radius 2 is 1.72 bits per heavy atom. The van der Waals surface area contributed by atoms with Crippen LogP contribution in [0.4, 0.5) is 0 Å². The van der Waals surface area contributed by atoms with Crippen LogP contribution in [-0.4, -0.2) is 20.1 Å². The zero-order valence-electron chi connectivity index (χ0n) is 16.8. The first-order valence-corrected chi connectivity index (χ1v) is 8.86. The third kappa shape index (κ3) is 4.30. The Morgan fingerprint density at radius 1 is 1.08 bits per heavy atom. The molecule has 0 aliphatic rings. The van der Waals surface area contributed by atoms with Crippen molar-refractivity contribution in [2.45, 2.75) is 67.2 Å². The lowest BCUT2D eigenvalue weighted by Crippen LogP contribution is -2.25. The van der Waals surface area contributed by atoms with Gasteiger partial charge in [-0.2, -0.15) is 5.10 Å². The van der Waals surface area contributed by atoms with Crippen molar-refractivity contribution in [3.63, 3.8) is 0 Å². The molecule has 1 N–H and O–H groups in total. The summed E-state index contributed by atoms with van der Waals surface area (Å²) >= 11 is 0. The summed E-state index contributed by atoms with van der Waals surface area (Å²) < 4.78 is 0. The van der Waals surface area contributed by atoms with Crippen LogP contribution in [0.15, 0.2) is 18.2 Å². The second-order valence-electron chi connectivity index (χ2n) is 8.74. The quantitative estimate of drug-likeness (QED) is 0.817. The van der Waals surface area contributed by atoms with Gasteiger partial charge in [-0.1, -0.05) is 46.8 Å². The van der Waals surface area contributed by atoms with Crippen LogP contribution < -0.4 is 0 Å². The number of hydrogen-bond acceptors (Lipinski definition) is 3. The van der Waals surface area contributed by atoms with Gasteiger partial charge in [0.25, 0.3) is 0 Å². The van der Waals surface area contributed by atoms with Gasteiger partial charge in [0, 0.05) is 0 Å². The Morgan fingerprint density at radius 3 is 2.28 bits per heavy atom. The van der Waals surface area contributed by atoms with E-state index >= 15 is 0 Å². The number of rotatable bonds is 4. The highest BCUT2D eigenvalue weighted by atomic mass is 16.3. The van der Waals surface area contributed by atoms with E-state index in [9.17, 15) is 5.11 Å². The average Bonchev–Trinajstić information content (AvgIpc) is 2.80. The maximum atomic E-state index is 10.6. The second-order valence-corrected chi connectivity index (χ2v) is 8.74. The standard InChI is InChI=1S/C21H31N3O/c1-9-10-17-15(3)22-24(23-17)18-12-16(11-14(2)19(18)25)21(7,8)13-20(4,5)6/h9-12,25H,13H2,1-8H3/b10-9-. The highest BCUT2D eigenvalue weighted by Crippen LogP contribution is 2.39. The van der Waals surface area contributed by atoms with E-state index in [1.807, 2.05) is 39.0 Å². The fourth-order valence-corrected chi connectivity index (χ4v) is 3.54. The molecule has 1 aromatic carbocycles. The summed E-state index contributed by atoms with van der Waals surface area (Å²) in [5.41, 5.74) is 4.53. The van der Waals surface area contributed by atoms with Crippen molar-refractivity contribution in [2.24, 2.45) is 5.41 Å². The first kappa shape index (κ1) is 19.2. The predicted octanol–water partition coefficient (Wildman–Crippen LogP) is 5.34. The minimum absolute atomic E-state index is 0.0141. The molecular formula is C21H31N3O. The lowest BCUT2D eigenvalue weighted by molar-refractivity contribution is 0.284. The van der Waals surface area contributed by atoms with Gasteiger partial charge in [-0.25, -0.2) is 0 Å². The lowest BCUT2D eigenvalue weighted by Gasteiger charge is -2.33. The molecule has 0 fully saturated rings. The predicted molar refractivity (Wildman–Crippen MR) is 104 cm³/mol. The topological polar surface area (TPSA) is 50.9 Å². The molecule has 0 spiro atoms. The van der Waals surface area contributed by atoms with E-state index in [1.54, 1.807) is 4.80 Å². The molecule has 25 heavy (non-hydrogen) atoms. The number of hydrogen-bond donors (Lipinski definition) is 1. The molecule has 4 heteroatoms. The fraction of sp³-hybridized carbons (Fsp3) is 0.524. The number of benzene rings is 1. The van der Waals surface area contributed by atoms with Gasteiger partial charge < -0.3 is 5.11 Å². The molecule has 0 unspecified atom stereocenters. The Bertz CT molecular complexity index is 792. The number of aromatic hydroxyl groups is 1. The van der Waals surface area contributed by atoms with Crippen molar-refractivity contribution < 1.29 is 5.11 Å². The summed E-state index contributed by atoms with van der Waals surface area (Å²) in [5.74, 6) is 0.234. The Labute approximate surface area is 151 Å². The van der Waals surface area contributed by atoms with Gasteiger partial charge in [0.1, 0.15) is 17.1 Å². The molecule has 1 heterocycles. The largest absolute Gasteiger partial charge is 0.505 e. The number of allylic oxidation sites excluding steroid dienone is 1. The second kappa shape index (κ2) is 6.66. The van der Waals surface area contributed by atoms with Crippen molar-refractivity contribution in [1.29, 1.82) is 0 Å². The first-order chi connectivity index (χ1) is 11.4. The van der Waals surface area contributed by atoms with E-state index < -0.39 is 0 Å². The summed E-state index contributed by atoms with van der Waals surface area (Å²) in [5, 5.41) is 19.6. The third-order valence-electron chi connectivity index (χ3n) is 4.39. The Hall–Kier alpha value is -2.10. The van der Waals surface area contributed by atoms with Crippen LogP contribution in [0.1, 0.15) is 70.5 Å². The number of phenolic OH excluding ortho intramolecular Hbond substituents is 1. The van der Waals surface area contributed by atoms with Gasteiger partial charge in [-0.3, -0.25) is 0 Å². The van der Waals surface area contributed by atoms with Crippen molar-refractivity contribution in [2.75, 3.05) is 0 Å². The van der Waals surface area contributed by atoms with E-state index in [0.717, 1.165) is 23.4 Å². The molecule has 4 nitrogen and oxygen atoms in total. The molecule has 0 bridgehead atoms. The lowest BCUT2D eigenvalue weighted by atomic mass is 9.72. The molecule has 0 radical (unpaired) electrons. The summed E-state index contributed by atoms with van der Waals surface area (Å²) in [7, 11) is 0. The van der Waals surface area contributed by atoms with Crippen LogP contribution in [0.5, 0.6) is 5.75 Å². The molecule has 2 aromatic rings. The molecule has 0 atom stereocenters. The van der Waals surface area contributed by atoms with Crippen LogP contribution in [0.25, 0.3) is 11.8 Å². The van der Waals surface area contributed by atoms with Gasteiger partial charge >= 0.3 is 0 Å². The minimum Gasteiger partial charge on any atom is -0.505 e. The SMILES string of the molecule is C/C=C\c1nn(-c2cc(C(C)(C)CC(C)(C)C)cc(C)c2O)nc1C. The monoisotopic (exact) mass is 341 g/mol. The van der Waals surface area contributed by atoms with Crippen LogP contribution in [-0.2, 0) is 5.41 Å². The van der Waals surface area contributed by atoms with Crippen molar-refractivity contribution in [3.05, 3.63) is 40.7 Å². The van der Waals surface area contributed by atoms with E-state index in [-0.39, 0.29) is 16.6 Å². The summed E-state index contributed by atoms with van der Waals surface area (Å²) in [6.07, 6.45) is 4.91. The fourth-order valence-electron chi connectivity index (χ4n) is 3.54. The van der Waals surface area contributed by atoms with Crippen molar-refractivity contribution in [3.8, 4) is 11.4 Å². The van der Waals surface area contributed by atoms with Crippen LogP contribution >= 0.6 is 0 Å². The minimum atomic E-state index is -0.0141. The smallest absolute Gasteiger partial charge is 0.146 e. The van der Waals surface area contributed by atoms with E-state index in [0.29, 0.717) is 5.69 Å². The van der Waals surface area contributed by atoms with E-state index in [4.69, 9.17) is 0 Å². The van der Waals surface area contributed by atoms with Crippen LogP contribution in [0.3, 0.4) is 0 Å². The zero-order valence-corrected chi connectivity index (χ0v) is 16.8. The summed E-state index contributed by atoms with van der Waals surface area (Å²) in [4.78, 5) is 1.55. The van der Waals surface area contributed by atoms with Gasteiger partial charge in [0.05, 0.1) is 5.69 Å². The molecule has 0 aliphatic heterocycles. The molecule has 1 aromatic heterocycles. The Kier molecular flexibility index (Phi) is 5.12. The van der Waals surface area contributed by atoms with Gasteiger partial charge in [0.15, 0.2) is 0 Å².